The van der Waals surface area contributed by atoms with Crippen LogP contribution >= 0.6 is 12.2 Å². The number of hydrogen-bond donors (Lipinski definition) is 2. The van der Waals surface area contributed by atoms with Gasteiger partial charge in [0.15, 0.2) is 0 Å². The lowest BCUT2D eigenvalue weighted by Gasteiger charge is -2.32. The van der Waals surface area contributed by atoms with Gasteiger partial charge in [-0.2, -0.15) is 0 Å². The van der Waals surface area contributed by atoms with Crippen molar-refractivity contribution in [1.29, 1.82) is 0 Å². The lowest BCUT2D eigenvalue weighted by Crippen LogP contribution is -2.52. The van der Waals surface area contributed by atoms with Crippen LogP contribution in [0.25, 0.3) is 0 Å². The van der Waals surface area contributed by atoms with E-state index in [9.17, 15) is 8.42 Å². The van der Waals surface area contributed by atoms with Gasteiger partial charge in [0, 0.05) is 31.7 Å². The molecule has 2 rings (SSSR count). The molecule has 1 saturated heterocycles. The van der Waals surface area contributed by atoms with Crippen molar-refractivity contribution in [2.24, 2.45) is 5.73 Å². The van der Waals surface area contributed by atoms with Crippen molar-refractivity contribution in [2.45, 2.75) is 11.8 Å². The van der Waals surface area contributed by atoms with Crippen molar-refractivity contribution >= 4 is 27.2 Å². The van der Waals surface area contributed by atoms with Crippen LogP contribution in [0.1, 0.15) is 11.1 Å². The fourth-order valence-electron chi connectivity index (χ4n) is 2.16. The first-order chi connectivity index (χ1) is 9.79. The number of sulfonamides is 1. The monoisotopic (exact) mass is 328 g/mol. The van der Waals surface area contributed by atoms with E-state index in [1.165, 1.54) is 6.07 Å². The number of benzene rings is 1. The zero-order chi connectivity index (χ0) is 15.6. The maximum atomic E-state index is 12.5. The minimum Gasteiger partial charge on any atom is -0.389 e. The van der Waals surface area contributed by atoms with Gasteiger partial charge in [-0.1, -0.05) is 24.4 Å². The van der Waals surface area contributed by atoms with Crippen LogP contribution in [0.4, 0.5) is 0 Å². The van der Waals surface area contributed by atoms with E-state index < -0.39 is 10.0 Å². The predicted octanol–water partition coefficient (Wildman–Crippen LogP) is 0.0699. The van der Waals surface area contributed by atoms with Crippen LogP contribution in [-0.4, -0.2) is 56.5 Å². The number of likely N-dealkylation sites (N-methyl/N-ethyl adjacent to an activating group) is 1. The molecule has 1 aromatic carbocycles. The van der Waals surface area contributed by atoms with Crippen LogP contribution in [0, 0.1) is 6.92 Å². The highest BCUT2D eigenvalue weighted by Gasteiger charge is 2.23. The topological polar surface area (TPSA) is 78.7 Å². The Morgan fingerprint density at radius 1 is 1.29 bits per heavy atom. The summed E-state index contributed by atoms with van der Waals surface area (Å²) in [4.78, 5) is 5.19. The molecule has 116 valence electrons. The molecule has 0 bridgehead atoms. The van der Waals surface area contributed by atoms with Crippen molar-refractivity contribution in [1.82, 2.24) is 14.7 Å². The third kappa shape index (κ3) is 3.98. The van der Waals surface area contributed by atoms with E-state index in [4.69, 9.17) is 18.0 Å². The zero-order valence-electron chi connectivity index (χ0n) is 12.2. The number of hydrogen-bond acceptors (Lipinski definition) is 5. The van der Waals surface area contributed by atoms with E-state index in [1.54, 1.807) is 24.1 Å². The van der Waals surface area contributed by atoms with Gasteiger partial charge in [-0.05, 0) is 25.6 Å². The SMILES string of the molecule is Cc1ccc(C(N)=S)cc1S(=O)(=O)NN1CCN(C)CC1. The van der Waals surface area contributed by atoms with Crippen molar-refractivity contribution in [3.8, 4) is 0 Å². The van der Waals surface area contributed by atoms with Gasteiger partial charge in [0.1, 0.15) is 4.99 Å². The second-order valence-electron chi connectivity index (χ2n) is 5.23. The largest absolute Gasteiger partial charge is 0.389 e. The van der Waals surface area contributed by atoms with Crippen LogP contribution < -0.4 is 10.6 Å². The Morgan fingerprint density at radius 2 is 1.90 bits per heavy atom. The predicted molar refractivity (Wildman–Crippen MR) is 86.5 cm³/mol. The second-order valence-corrected chi connectivity index (χ2v) is 7.30. The Balaban J connectivity index is 2.23. The summed E-state index contributed by atoms with van der Waals surface area (Å²) >= 11 is 4.91. The van der Waals surface area contributed by atoms with Crippen LogP contribution in [0.2, 0.25) is 0 Å². The number of rotatable bonds is 4. The molecule has 0 unspecified atom stereocenters. The fraction of sp³-hybridized carbons (Fsp3) is 0.462. The summed E-state index contributed by atoms with van der Waals surface area (Å²) in [6.07, 6.45) is 0. The summed E-state index contributed by atoms with van der Waals surface area (Å²) in [6, 6.07) is 4.97. The molecule has 0 atom stereocenters. The number of aryl methyl sites for hydroxylation is 1. The summed E-state index contributed by atoms with van der Waals surface area (Å²) in [5.41, 5.74) is 6.79. The minimum atomic E-state index is -3.62. The van der Waals surface area contributed by atoms with Crippen molar-refractivity contribution in [2.75, 3.05) is 33.2 Å². The molecule has 0 spiro atoms. The summed E-state index contributed by atoms with van der Waals surface area (Å²) in [5, 5.41) is 1.72. The summed E-state index contributed by atoms with van der Waals surface area (Å²) in [7, 11) is -1.61. The Labute approximate surface area is 130 Å². The van der Waals surface area contributed by atoms with Gasteiger partial charge in [-0.15, -0.1) is 4.83 Å². The molecule has 1 aliphatic rings. The van der Waals surface area contributed by atoms with E-state index in [1.807, 2.05) is 7.05 Å². The molecular weight excluding hydrogens is 308 g/mol. The highest BCUT2D eigenvalue weighted by Crippen LogP contribution is 2.17. The van der Waals surface area contributed by atoms with Crippen LogP contribution in [0.3, 0.4) is 0 Å². The highest BCUT2D eigenvalue weighted by atomic mass is 32.2. The third-order valence-corrected chi connectivity index (χ3v) is 5.27. The first-order valence-electron chi connectivity index (χ1n) is 6.66. The van der Waals surface area contributed by atoms with Gasteiger partial charge in [0.2, 0.25) is 0 Å². The molecule has 0 amide bonds. The molecule has 8 heteroatoms. The standard InChI is InChI=1S/C13H20N4O2S2/c1-10-3-4-11(13(14)20)9-12(10)21(18,19)15-17-7-5-16(2)6-8-17/h3-4,9,15H,5-8H2,1-2H3,(H2,14,20). The molecular formula is C13H20N4O2S2. The smallest absolute Gasteiger partial charge is 0.253 e. The van der Waals surface area contributed by atoms with E-state index in [2.05, 4.69) is 9.73 Å². The quantitative estimate of drug-likeness (QED) is 0.762. The van der Waals surface area contributed by atoms with E-state index >= 15 is 0 Å². The van der Waals surface area contributed by atoms with Crippen LogP contribution in [0.15, 0.2) is 23.1 Å². The lowest BCUT2D eigenvalue weighted by molar-refractivity contribution is 0.135. The molecule has 0 saturated carbocycles. The normalized spacial score (nSPS) is 17.8. The van der Waals surface area contributed by atoms with Gasteiger partial charge in [0.25, 0.3) is 10.0 Å². The van der Waals surface area contributed by atoms with Crippen molar-refractivity contribution in [3.05, 3.63) is 29.3 Å². The summed E-state index contributed by atoms with van der Waals surface area (Å²) in [6.45, 7) is 4.72. The van der Waals surface area contributed by atoms with E-state index in [0.717, 1.165) is 13.1 Å². The number of piperazine rings is 1. The maximum absolute atomic E-state index is 12.5. The number of nitrogens with zero attached hydrogens (tertiary/aromatic N) is 2. The number of nitrogens with two attached hydrogens (primary N) is 1. The van der Waals surface area contributed by atoms with Crippen molar-refractivity contribution in [3.63, 3.8) is 0 Å². The number of hydrazine groups is 1. The molecule has 21 heavy (non-hydrogen) atoms. The van der Waals surface area contributed by atoms with Gasteiger partial charge < -0.3 is 10.6 Å². The fourth-order valence-corrected chi connectivity index (χ4v) is 3.68. The molecule has 1 fully saturated rings. The van der Waals surface area contributed by atoms with Gasteiger partial charge in [-0.25, -0.2) is 13.4 Å². The molecule has 1 aromatic rings. The summed E-state index contributed by atoms with van der Waals surface area (Å²) < 4.78 is 25.1. The van der Waals surface area contributed by atoms with Gasteiger partial charge >= 0.3 is 0 Å². The molecule has 0 aromatic heterocycles. The third-order valence-electron chi connectivity index (χ3n) is 3.51. The molecule has 0 radical (unpaired) electrons. The van der Waals surface area contributed by atoms with Gasteiger partial charge in [0.05, 0.1) is 4.90 Å². The van der Waals surface area contributed by atoms with Crippen LogP contribution in [0.5, 0.6) is 0 Å². The van der Waals surface area contributed by atoms with E-state index in [0.29, 0.717) is 24.2 Å². The molecule has 0 aliphatic carbocycles. The lowest BCUT2D eigenvalue weighted by atomic mass is 10.1. The minimum absolute atomic E-state index is 0.186. The number of thiocarbonyl (C=S) groups is 1. The first-order valence-corrected chi connectivity index (χ1v) is 8.55. The Morgan fingerprint density at radius 3 is 2.48 bits per heavy atom. The number of nitrogens with one attached hydrogen (secondary N) is 1. The van der Waals surface area contributed by atoms with Gasteiger partial charge in [-0.3, -0.25) is 0 Å². The Hall–Kier alpha value is -1.06. The average Bonchev–Trinajstić information content (AvgIpc) is 2.41. The Kier molecular flexibility index (Phi) is 4.95. The second kappa shape index (κ2) is 6.37. The molecule has 6 nitrogen and oxygen atoms in total. The summed E-state index contributed by atoms with van der Waals surface area (Å²) in [5.74, 6) is 0. The average molecular weight is 328 g/mol. The molecule has 1 aliphatic heterocycles. The zero-order valence-corrected chi connectivity index (χ0v) is 13.8. The maximum Gasteiger partial charge on any atom is 0.253 e. The van der Waals surface area contributed by atoms with E-state index in [-0.39, 0.29) is 9.88 Å². The molecule has 1 heterocycles. The molecule has 3 N–H and O–H groups in total. The van der Waals surface area contributed by atoms with Crippen LogP contribution in [-0.2, 0) is 10.0 Å². The highest BCUT2D eigenvalue weighted by molar-refractivity contribution is 7.89. The first kappa shape index (κ1) is 16.3. The Bertz CT molecular complexity index is 638. The van der Waals surface area contributed by atoms with Crippen molar-refractivity contribution < 1.29 is 8.42 Å².